The molecule has 76 valence electrons. The van der Waals surface area contributed by atoms with Crippen LogP contribution in [0.5, 0.6) is 0 Å². The first-order valence-electron chi connectivity index (χ1n) is 4.85. The van der Waals surface area contributed by atoms with Crippen LogP contribution < -0.4 is 5.73 Å². The third kappa shape index (κ3) is 5.42. The van der Waals surface area contributed by atoms with Crippen molar-refractivity contribution in [3.63, 3.8) is 0 Å². The van der Waals surface area contributed by atoms with Crippen LogP contribution in [-0.4, -0.2) is 30.4 Å². The Bertz CT molecular complexity index is 157. The third-order valence-electron chi connectivity index (χ3n) is 1.93. The Kier molecular flexibility index (Phi) is 7.30. The zero-order valence-corrected chi connectivity index (χ0v) is 8.46. The van der Waals surface area contributed by atoms with Gasteiger partial charge in [0, 0.05) is 19.5 Å². The molecule has 0 aliphatic rings. The molecular weight excluding hydrogens is 164 g/mol. The number of rotatable bonds is 7. The van der Waals surface area contributed by atoms with E-state index in [1.165, 1.54) is 0 Å². The molecule has 0 aromatic heterocycles. The van der Waals surface area contributed by atoms with Crippen molar-refractivity contribution in [2.24, 2.45) is 5.73 Å². The van der Waals surface area contributed by atoms with Crippen molar-refractivity contribution >= 4 is 5.91 Å². The molecule has 0 spiro atoms. The fourth-order valence-corrected chi connectivity index (χ4v) is 1.14. The van der Waals surface area contributed by atoms with Crippen molar-refractivity contribution in [3.05, 3.63) is 12.7 Å². The van der Waals surface area contributed by atoms with Gasteiger partial charge in [-0.25, -0.2) is 0 Å². The fourth-order valence-electron chi connectivity index (χ4n) is 1.14. The maximum atomic E-state index is 11.5. The van der Waals surface area contributed by atoms with E-state index < -0.39 is 0 Å². The van der Waals surface area contributed by atoms with Crippen LogP contribution in [0, 0.1) is 0 Å². The van der Waals surface area contributed by atoms with Crippen molar-refractivity contribution in [2.75, 3.05) is 19.6 Å². The van der Waals surface area contributed by atoms with E-state index in [2.05, 4.69) is 6.58 Å². The number of hydrogen-bond acceptors (Lipinski definition) is 2. The van der Waals surface area contributed by atoms with Crippen LogP contribution in [0.2, 0.25) is 0 Å². The quantitative estimate of drug-likeness (QED) is 0.476. The second-order valence-electron chi connectivity index (χ2n) is 2.97. The molecule has 0 rings (SSSR count). The molecule has 0 fully saturated rings. The van der Waals surface area contributed by atoms with Crippen molar-refractivity contribution in [1.29, 1.82) is 0 Å². The maximum Gasteiger partial charge on any atom is 0.222 e. The SMILES string of the molecule is C=CCN(CC)C(=O)CCCCN. The summed E-state index contributed by atoms with van der Waals surface area (Å²) in [6, 6.07) is 0. The fraction of sp³-hybridized carbons (Fsp3) is 0.700. The molecule has 2 N–H and O–H groups in total. The van der Waals surface area contributed by atoms with Crippen LogP contribution in [-0.2, 0) is 4.79 Å². The molecule has 1 amide bonds. The van der Waals surface area contributed by atoms with Gasteiger partial charge in [-0.2, -0.15) is 0 Å². The second-order valence-corrected chi connectivity index (χ2v) is 2.97. The summed E-state index contributed by atoms with van der Waals surface area (Å²) in [6.07, 6.45) is 4.18. The highest BCUT2D eigenvalue weighted by molar-refractivity contribution is 5.76. The highest BCUT2D eigenvalue weighted by Crippen LogP contribution is 2.00. The number of amides is 1. The molecule has 0 saturated carbocycles. The monoisotopic (exact) mass is 184 g/mol. The average molecular weight is 184 g/mol. The highest BCUT2D eigenvalue weighted by Gasteiger charge is 2.08. The van der Waals surface area contributed by atoms with Crippen molar-refractivity contribution in [3.8, 4) is 0 Å². The zero-order valence-electron chi connectivity index (χ0n) is 8.46. The van der Waals surface area contributed by atoms with Crippen LogP contribution >= 0.6 is 0 Å². The minimum atomic E-state index is 0.204. The Balaban J connectivity index is 3.70. The number of unbranched alkanes of at least 4 members (excludes halogenated alkanes) is 1. The summed E-state index contributed by atoms with van der Waals surface area (Å²) in [5.41, 5.74) is 5.34. The predicted molar refractivity (Wildman–Crippen MR) is 55.4 cm³/mol. The maximum absolute atomic E-state index is 11.5. The van der Waals surface area contributed by atoms with Gasteiger partial charge in [-0.05, 0) is 26.3 Å². The van der Waals surface area contributed by atoms with Gasteiger partial charge in [-0.1, -0.05) is 6.08 Å². The van der Waals surface area contributed by atoms with Crippen LogP contribution in [0.4, 0.5) is 0 Å². The number of likely N-dealkylation sites (N-methyl/N-ethyl adjacent to an activating group) is 1. The first kappa shape index (κ1) is 12.2. The van der Waals surface area contributed by atoms with Crippen molar-refractivity contribution in [2.45, 2.75) is 26.2 Å². The first-order valence-corrected chi connectivity index (χ1v) is 4.85. The normalized spacial score (nSPS) is 9.69. The predicted octanol–water partition coefficient (Wildman–Crippen LogP) is 1.15. The molecule has 0 aromatic carbocycles. The largest absolute Gasteiger partial charge is 0.339 e. The molecule has 3 heteroatoms. The zero-order chi connectivity index (χ0) is 10.1. The third-order valence-corrected chi connectivity index (χ3v) is 1.93. The second kappa shape index (κ2) is 7.80. The molecular formula is C10H20N2O. The summed E-state index contributed by atoms with van der Waals surface area (Å²) in [7, 11) is 0. The summed E-state index contributed by atoms with van der Waals surface area (Å²) in [6.45, 7) is 7.67. The standard InChI is InChI=1S/C10H20N2O/c1-3-9-12(4-2)10(13)7-5-6-8-11/h3H,1,4-9,11H2,2H3. The van der Waals surface area contributed by atoms with Crippen molar-refractivity contribution < 1.29 is 4.79 Å². The molecule has 0 atom stereocenters. The van der Waals surface area contributed by atoms with E-state index in [1.54, 1.807) is 11.0 Å². The van der Waals surface area contributed by atoms with Gasteiger partial charge in [-0.3, -0.25) is 4.79 Å². The molecule has 0 radical (unpaired) electrons. The van der Waals surface area contributed by atoms with E-state index in [9.17, 15) is 4.79 Å². The van der Waals surface area contributed by atoms with E-state index in [0.717, 1.165) is 19.4 Å². The van der Waals surface area contributed by atoms with Gasteiger partial charge < -0.3 is 10.6 Å². The first-order chi connectivity index (χ1) is 6.26. The number of carbonyl (C=O) groups is 1. The number of carbonyl (C=O) groups excluding carboxylic acids is 1. The Labute approximate surface area is 80.6 Å². The van der Waals surface area contributed by atoms with E-state index in [4.69, 9.17) is 5.73 Å². The summed E-state index contributed by atoms with van der Waals surface area (Å²) in [5, 5.41) is 0. The van der Waals surface area contributed by atoms with Crippen LogP contribution in [0.1, 0.15) is 26.2 Å². The Morgan fingerprint density at radius 2 is 2.23 bits per heavy atom. The summed E-state index contributed by atoms with van der Waals surface area (Å²) >= 11 is 0. The average Bonchev–Trinajstić information content (AvgIpc) is 2.14. The summed E-state index contributed by atoms with van der Waals surface area (Å²) in [5.74, 6) is 0.204. The molecule has 0 heterocycles. The van der Waals surface area contributed by atoms with E-state index in [0.29, 0.717) is 19.5 Å². The molecule has 13 heavy (non-hydrogen) atoms. The van der Waals surface area contributed by atoms with E-state index in [-0.39, 0.29) is 5.91 Å². The molecule has 0 bridgehead atoms. The minimum absolute atomic E-state index is 0.204. The smallest absolute Gasteiger partial charge is 0.222 e. The molecule has 0 saturated heterocycles. The number of hydrogen-bond donors (Lipinski definition) is 1. The van der Waals surface area contributed by atoms with Crippen LogP contribution in [0.3, 0.4) is 0 Å². The van der Waals surface area contributed by atoms with E-state index >= 15 is 0 Å². The lowest BCUT2D eigenvalue weighted by Crippen LogP contribution is -2.30. The lowest BCUT2D eigenvalue weighted by atomic mass is 10.2. The minimum Gasteiger partial charge on any atom is -0.339 e. The molecule has 0 unspecified atom stereocenters. The van der Waals surface area contributed by atoms with E-state index in [1.807, 2.05) is 6.92 Å². The van der Waals surface area contributed by atoms with Crippen LogP contribution in [0.15, 0.2) is 12.7 Å². The Morgan fingerprint density at radius 3 is 2.69 bits per heavy atom. The molecule has 0 aromatic rings. The topological polar surface area (TPSA) is 46.3 Å². The molecule has 3 nitrogen and oxygen atoms in total. The van der Waals surface area contributed by atoms with Gasteiger partial charge in [0.2, 0.25) is 5.91 Å². The molecule has 0 aliphatic heterocycles. The van der Waals surface area contributed by atoms with Crippen molar-refractivity contribution in [1.82, 2.24) is 4.90 Å². The van der Waals surface area contributed by atoms with Crippen LogP contribution in [0.25, 0.3) is 0 Å². The van der Waals surface area contributed by atoms with Gasteiger partial charge in [0.05, 0.1) is 0 Å². The van der Waals surface area contributed by atoms with Gasteiger partial charge in [-0.15, -0.1) is 6.58 Å². The lowest BCUT2D eigenvalue weighted by molar-refractivity contribution is -0.130. The molecule has 0 aliphatic carbocycles. The Hall–Kier alpha value is -0.830. The van der Waals surface area contributed by atoms with Gasteiger partial charge in [0.15, 0.2) is 0 Å². The number of nitrogens with zero attached hydrogens (tertiary/aromatic N) is 1. The Morgan fingerprint density at radius 1 is 1.54 bits per heavy atom. The highest BCUT2D eigenvalue weighted by atomic mass is 16.2. The van der Waals surface area contributed by atoms with Gasteiger partial charge >= 0.3 is 0 Å². The van der Waals surface area contributed by atoms with Gasteiger partial charge in [0.25, 0.3) is 0 Å². The lowest BCUT2D eigenvalue weighted by Gasteiger charge is -2.18. The summed E-state index contributed by atoms with van der Waals surface area (Å²) in [4.78, 5) is 13.3. The summed E-state index contributed by atoms with van der Waals surface area (Å²) < 4.78 is 0. The van der Waals surface area contributed by atoms with Gasteiger partial charge in [0.1, 0.15) is 0 Å². The number of nitrogens with two attached hydrogens (primary N) is 1.